The Balaban J connectivity index is 2.15. The second-order valence-corrected chi connectivity index (χ2v) is 4.51. The van der Waals surface area contributed by atoms with Crippen molar-refractivity contribution in [3.63, 3.8) is 0 Å². The van der Waals surface area contributed by atoms with Crippen LogP contribution in [0, 0.1) is 5.82 Å². The number of Topliss-reactive ketones (excluding diaryl/α,β-unsaturated/α-hetero) is 1. The molecule has 0 aliphatic heterocycles. The molecule has 0 spiro atoms. The monoisotopic (exact) mass is 322 g/mol. The molecule has 0 radical (unpaired) electrons. The van der Waals surface area contributed by atoms with Crippen molar-refractivity contribution < 1.29 is 13.9 Å². The normalized spacial score (nSPS) is 10.2. The Labute approximate surface area is 119 Å². The molecular weight excluding hydrogens is 311 g/mol. The fraction of sp³-hybridized carbons (Fsp3) is 0.133. The highest BCUT2D eigenvalue weighted by Gasteiger charge is 2.14. The molecule has 2 aromatic carbocycles. The highest BCUT2D eigenvalue weighted by molar-refractivity contribution is 9.09. The molecule has 0 fully saturated rings. The fourth-order valence-corrected chi connectivity index (χ4v) is 1.95. The second kappa shape index (κ2) is 6.48. The van der Waals surface area contributed by atoms with Crippen molar-refractivity contribution in [2.24, 2.45) is 0 Å². The molecule has 0 saturated carbocycles. The van der Waals surface area contributed by atoms with Crippen LogP contribution in [0.15, 0.2) is 48.5 Å². The summed E-state index contributed by atoms with van der Waals surface area (Å²) in [6, 6.07) is 14.0. The number of alkyl halides is 1. The Morgan fingerprint density at radius 3 is 2.53 bits per heavy atom. The van der Waals surface area contributed by atoms with E-state index in [1.165, 1.54) is 12.1 Å². The number of ketones is 1. The second-order valence-electron chi connectivity index (χ2n) is 3.95. The molecular formula is C15H12BrFO2. The van der Waals surface area contributed by atoms with Gasteiger partial charge in [0, 0.05) is 0 Å². The van der Waals surface area contributed by atoms with Crippen LogP contribution in [-0.2, 0) is 6.61 Å². The van der Waals surface area contributed by atoms with E-state index in [0.29, 0.717) is 0 Å². The van der Waals surface area contributed by atoms with Gasteiger partial charge in [-0.25, -0.2) is 4.39 Å². The van der Waals surface area contributed by atoms with E-state index in [2.05, 4.69) is 15.9 Å². The lowest BCUT2D eigenvalue weighted by Crippen LogP contribution is -2.06. The summed E-state index contributed by atoms with van der Waals surface area (Å²) >= 11 is 3.03. The zero-order valence-corrected chi connectivity index (χ0v) is 11.7. The van der Waals surface area contributed by atoms with Crippen LogP contribution in [0.4, 0.5) is 4.39 Å². The van der Waals surface area contributed by atoms with Crippen LogP contribution in [0.3, 0.4) is 0 Å². The molecule has 0 amide bonds. The number of hydrogen-bond acceptors (Lipinski definition) is 2. The molecule has 2 nitrogen and oxygen atoms in total. The number of hydrogen-bond donors (Lipinski definition) is 0. The Bertz CT molecular complexity index is 570. The average molecular weight is 323 g/mol. The van der Waals surface area contributed by atoms with Gasteiger partial charge in [-0.1, -0.05) is 52.3 Å². The van der Waals surface area contributed by atoms with E-state index in [4.69, 9.17) is 4.74 Å². The van der Waals surface area contributed by atoms with E-state index in [9.17, 15) is 9.18 Å². The SMILES string of the molecule is O=C(CBr)c1cccc(OCc2ccccc2)c1F. The number of ether oxygens (including phenoxy) is 1. The number of carbonyl (C=O) groups excluding carboxylic acids is 1. The summed E-state index contributed by atoms with van der Waals surface area (Å²) in [7, 11) is 0. The summed E-state index contributed by atoms with van der Waals surface area (Å²) in [6.45, 7) is 0.268. The number of benzene rings is 2. The third-order valence-electron chi connectivity index (χ3n) is 2.62. The molecule has 0 N–H and O–H groups in total. The fourth-order valence-electron chi connectivity index (χ4n) is 1.64. The van der Waals surface area contributed by atoms with E-state index in [0.717, 1.165) is 5.56 Å². The summed E-state index contributed by atoms with van der Waals surface area (Å²) in [6.07, 6.45) is 0. The maximum absolute atomic E-state index is 14.0. The number of carbonyl (C=O) groups is 1. The van der Waals surface area contributed by atoms with Crippen molar-refractivity contribution in [3.8, 4) is 5.75 Å². The van der Waals surface area contributed by atoms with Crippen molar-refractivity contribution in [1.29, 1.82) is 0 Å². The lowest BCUT2D eigenvalue weighted by atomic mass is 10.1. The molecule has 19 heavy (non-hydrogen) atoms. The lowest BCUT2D eigenvalue weighted by Gasteiger charge is -2.09. The van der Waals surface area contributed by atoms with Crippen molar-refractivity contribution in [2.75, 3.05) is 5.33 Å². The summed E-state index contributed by atoms with van der Waals surface area (Å²) in [5, 5.41) is 0.0893. The molecule has 0 aliphatic rings. The molecule has 0 atom stereocenters. The Morgan fingerprint density at radius 1 is 1.11 bits per heavy atom. The lowest BCUT2D eigenvalue weighted by molar-refractivity contribution is 0.101. The first-order chi connectivity index (χ1) is 9.22. The van der Waals surface area contributed by atoms with Crippen LogP contribution in [-0.4, -0.2) is 11.1 Å². The molecule has 98 valence electrons. The zero-order chi connectivity index (χ0) is 13.7. The maximum Gasteiger partial charge on any atom is 0.176 e. The van der Waals surface area contributed by atoms with Crippen LogP contribution in [0.2, 0.25) is 0 Å². The van der Waals surface area contributed by atoms with Crippen molar-refractivity contribution in [2.45, 2.75) is 6.61 Å². The van der Waals surface area contributed by atoms with E-state index in [1.807, 2.05) is 30.3 Å². The van der Waals surface area contributed by atoms with Crippen molar-refractivity contribution >= 4 is 21.7 Å². The van der Waals surface area contributed by atoms with Gasteiger partial charge in [-0.2, -0.15) is 0 Å². The van der Waals surface area contributed by atoms with Gasteiger partial charge in [0.2, 0.25) is 0 Å². The third kappa shape index (κ3) is 3.41. The van der Waals surface area contributed by atoms with Crippen LogP contribution in [0.25, 0.3) is 0 Å². The standard InChI is InChI=1S/C15H12BrFO2/c16-9-13(18)12-7-4-8-14(15(12)17)19-10-11-5-2-1-3-6-11/h1-8H,9-10H2. The summed E-state index contributed by atoms with van der Waals surface area (Å²) in [5.41, 5.74) is 0.988. The highest BCUT2D eigenvalue weighted by atomic mass is 79.9. The topological polar surface area (TPSA) is 26.3 Å². The summed E-state index contributed by atoms with van der Waals surface area (Å²) in [5.74, 6) is -0.818. The van der Waals surface area contributed by atoms with Crippen LogP contribution in [0.5, 0.6) is 5.75 Å². The van der Waals surface area contributed by atoms with Gasteiger partial charge in [0.05, 0.1) is 10.9 Å². The summed E-state index contributed by atoms with van der Waals surface area (Å²) in [4.78, 5) is 11.5. The summed E-state index contributed by atoms with van der Waals surface area (Å²) < 4.78 is 19.5. The van der Waals surface area contributed by atoms with Crippen LogP contribution >= 0.6 is 15.9 Å². The van der Waals surface area contributed by atoms with E-state index >= 15 is 0 Å². The smallest absolute Gasteiger partial charge is 0.176 e. The minimum absolute atomic E-state index is 0.0439. The van der Waals surface area contributed by atoms with Crippen molar-refractivity contribution in [1.82, 2.24) is 0 Å². The van der Waals surface area contributed by atoms with Gasteiger partial charge in [-0.05, 0) is 17.7 Å². The number of rotatable bonds is 5. The van der Waals surface area contributed by atoms with E-state index in [-0.39, 0.29) is 29.0 Å². The Morgan fingerprint density at radius 2 is 1.84 bits per heavy atom. The predicted octanol–water partition coefficient (Wildman–Crippen LogP) is 3.98. The molecule has 2 rings (SSSR count). The molecule has 0 bridgehead atoms. The van der Waals surface area contributed by atoms with Gasteiger partial charge in [0.15, 0.2) is 17.3 Å². The van der Waals surface area contributed by atoms with Crippen LogP contribution in [0.1, 0.15) is 15.9 Å². The molecule has 4 heteroatoms. The number of halogens is 2. The Hall–Kier alpha value is -1.68. The first kappa shape index (κ1) is 13.7. The van der Waals surface area contributed by atoms with Gasteiger partial charge in [-0.15, -0.1) is 0 Å². The van der Waals surface area contributed by atoms with E-state index in [1.54, 1.807) is 6.07 Å². The first-order valence-electron chi connectivity index (χ1n) is 5.76. The van der Waals surface area contributed by atoms with E-state index < -0.39 is 5.82 Å². The van der Waals surface area contributed by atoms with Gasteiger partial charge in [-0.3, -0.25) is 4.79 Å². The third-order valence-corrected chi connectivity index (χ3v) is 3.13. The van der Waals surface area contributed by atoms with Gasteiger partial charge < -0.3 is 4.74 Å². The molecule has 0 aliphatic carbocycles. The molecule has 0 saturated heterocycles. The van der Waals surface area contributed by atoms with Gasteiger partial charge in [0.25, 0.3) is 0 Å². The maximum atomic E-state index is 14.0. The quantitative estimate of drug-likeness (QED) is 0.614. The van der Waals surface area contributed by atoms with Crippen molar-refractivity contribution in [3.05, 3.63) is 65.5 Å². The zero-order valence-electron chi connectivity index (χ0n) is 10.1. The molecule has 0 unspecified atom stereocenters. The Kier molecular flexibility index (Phi) is 4.68. The molecule has 2 aromatic rings. The molecule has 0 aromatic heterocycles. The highest BCUT2D eigenvalue weighted by Crippen LogP contribution is 2.22. The minimum atomic E-state index is -0.608. The largest absolute Gasteiger partial charge is 0.486 e. The average Bonchev–Trinajstić information content (AvgIpc) is 2.46. The minimum Gasteiger partial charge on any atom is -0.486 e. The van der Waals surface area contributed by atoms with Gasteiger partial charge in [0.1, 0.15) is 6.61 Å². The van der Waals surface area contributed by atoms with Crippen LogP contribution < -0.4 is 4.74 Å². The van der Waals surface area contributed by atoms with Gasteiger partial charge >= 0.3 is 0 Å². The first-order valence-corrected chi connectivity index (χ1v) is 6.89. The molecule has 0 heterocycles. The predicted molar refractivity (Wildman–Crippen MR) is 75.3 cm³/mol.